The summed E-state index contributed by atoms with van der Waals surface area (Å²) in [5.41, 5.74) is 6.76. The molecule has 1 aromatic carbocycles. The number of thiazole rings is 1. The molecule has 4 amide bonds. The van der Waals surface area contributed by atoms with Crippen molar-refractivity contribution in [2.24, 2.45) is 17.6 Å². The summed E-state index contributed by atoms with van der Waals surface area (Å²) < 4.78 is 0. The Balaban J connectivity index is 1.91. The van der Waals surface area contributed by atoms with E-state index < -0.39 is 48.3 Å². The van der Waals surface area contributed by atoms with E-state index in [1.807, 2.05) is 13.8 Å². The van der Waals surface area contributed by atoms with E-state index in [4.69, 9.17) is 5.73 Å². The van der Waals surface area contributed by atoms with E-state index in [0.717, 1.165) is 4.88 Å². The summed E-state index contributed by atoms with van der Waals surface area (Å²) in [6.45, 7) is 6.43. The molecule has 0 spiro atoms. The zero-order valence-corrected chi connectivity index (χ0v) is 23.8. The first-order valence-electron chi connectivity index (χ1n) is 13.1. The van der Waals surface area contributed by atoms with Crippen LogP contribution in [0.25, 0.3) is 0 Å². The molecule has 0 saturated carbocycles. The number of phenolic OH excluding ortho intramolecular Hbond substituents is 1. The van der Waals surface area contributed by atoms with Crippen molar-refractivity contribution >= 4 is 45.9 Å². The number of hydrogen-bond acceptors (Lipinski definition) is 9. The predicted octanol–water partition coefficient (Wildman–Crippen LogP) is 0.618. The predicted molar refractivity (Wildman–Crippen MR) is 150 cm³/mol. The van der Waals surface area contributed by atoms with E-state index in [1.165, 1.54) is 17.4 Å². The maximum Gasteiger partial charge on any atom is 0.243 e. The first-order valence-corrected chi connectivity index (χ1v) is 13.9. The number of aromatic hydroxyl groups is 1. The molecule has 2 aromatic rings. The maximum absolute atomic E-state index is 13.1. The van der Waals surface area contributed by atoms with Gasteiger partial charge in [0.25, 0.3) is 0 Å². The van der Waals surface area contributed by atoms with Crippen LogP contribution >= 0.6 is 11.3 Å². The van der Waals surface area contributed by atoms with Crippen LogP contribution in [-0.4, -0.2) is 64.2 Å². The van der Waals surface area contributed by atoms with Gasteiger partial charge in [-0.15, -0.1) is 11.3 Å². The number of nitrogens with two attached hydrogens (primary N) is 1. The second kappa shape index (κ2) is 13.4. The summed E-state index contributed by atoms with van der Waals surface area (Å²) in [4.78, 5) is 68.1. The first-order chi connectivity index (χ1) is 18.8. The third-order valence-electron chi connectivity index (χ3n) is 6.63. The van der Waals surface area contributed by atoms with Gasteiger partial charge >= 0.3 is 0 Å². The van der Waals surface area contributed by atoms with Crippen molar-refractivity contribution in [1.29, 1.82) is 0 Å². The molecule has 216 valence electrons. The van der Waals surface area contributed by atoms with Gasteiger partial charge < -0.3 is 32.1 Å². The van der Waals surface area contributed by atoms with Gasteiger partial charge in [0.1, 0.15) is 17.8 Å². The highest BCUT2D eigenvalue weighted by molar-refractivity contribution is 7.15. The largest absolute Gasteiger partial charge is 0.508 e. The number of phenols is 1. The van der Waals surface area contributed by atoms with Crippen molar-refractivity contribution in [2.75, 3.05) is 11.9 Å². The highest BCUT2D eigenvalue weighted by Gasteiger charge is 2.28. The lowest BCUT2D eigenvalue weighted by atomic mass is 9.99. The fourth-order valence-corrected chi connectivity index (χ4v) is 5.09. The molecule has 4 atom stereocenters. The van der Waals surface area contributed by atoms with Crippen molar-refractivity contribution in [3.8, 4) is 5.75 Å². The molecular weight excluding hydrogens is 536 g/mol. The minimum atomic E-state index is -1.05. The molecule has 13 heteroatoms. The number of nitrogens with zero attached hydrogens (tertiary/aromatic N) is 1. The Labute approximate surface area is 236 Å². The number of anilines is 1. The van der Waals surface area contributed by atoms with Crippen LogP contribution in [0.4, 0.5) is 5.13 Å². The number of carbonyl (C=O) groups excluding carboxylic acids is 5. The molecule has 0 fully saturated rings. The van der Waals surface area contributed by atoms with Crippen molar-refractivity contribution in [1.82, 2.24) is 20.9 Å². The number of hydrogen-bond donors (Lipinski definition) is 6. The van der Waals surface area contributed by atoms with Gasteiger partial charge in [0.15, 0.2) is 10.9 Å². The summed E-state index contributed by atoms with van der Waals surface area (Å²) >= 11 is 1.32. The van der Waals surface area contributed by atoms with Gasteiger partial charge in [-0.3, -0.25) is 24.0 Å². The Morgan fingerprint density at radius 1 is 1.07 bits per heavy atom. The van der Waals surface area contributed by atoms with Crippen molar-refractivity contribution in [3.63, 3.8) is 0 Å². The summed E-state index contributed by atoms with van der Waals surface area (Å²) in [7, 11) is 0. The maximum atomic E-state index is 13.1. The third-order valence-corrected chi connectivity index (χ3v) is 7.56. The van der Waals surface area contributed by atoms with Gasteiger partial charge in [-0.25, -0.2) is 4.98 Å². The number of nitrogens with one attached hydrogen (secondary N) is 4. The van der Waals surface area contributed by atoms with Crippen molar-refractivity contribution in [2.45, 2.75) is 65.1 Å². The minimum Gasteiger partial charge on any atom is -0.508 e. The zero-order chi connectivity index (χ0) is 29.6. The molecule has 12 nitrogen and oxygen atoms in total. The average molecular weight is 573 g/mol. The molecular formula is C27H36N6O6S. The Morgan fingerprint density at radius 2 is 1.80 bits per heavy atom. The van der Waals surface area contributed by atoms with Crippen LogP contribution in [0, 0.1) is 11.8 Å². The highest BCUT2D eigenvalue weighted by Crippen LogP contribution is 2.27. The lowest BCUT2D eigenvalue weighted by molar-refractivity contribution is -0.132. The number of rotatable bonds is 2. The molecule has 2 heterocycles. The molecule has 0 aliphatic carbocycles. The van der Waals surface area contributed by atoms with Crippen LogP contribution in [0.2, 0.25) is 0 Å². The van der Waals surface area contributed by atoms with E-state index in [2.05, 4.69) is 26.3 Å². The zero-order valence-electron chi connectivity index (χ0n) is 22.9. The topological polar surface area (TPSA) is 193 Å². The third kappa shape index (κ3) is 8.25. The highest BCUT2D eigenvalue weighted by atomic mass is 32.1. The van der Waals surface area contributed by atoms with Crippen LogP contribution in [0.1, 0.15) is 50.1 Å². The number of fused-ring (bicyclic) bond motifs is 4. The smallest absolute Gasteiger partial charge is 0.243 e. The number of Topliss-reactive ketones (excluding diaryl/α,β-unsaturated/α-hetero) is 1. The fraction of sp³-hybridized carbons (Fsp3) is 0.481. The summed E-state index contributed by atoms with van der Waals surface area (Å²) in [6.07, 6.45) is 1.91. The summed E-state index contributed by atoms with van der Waals surface area (Å²) in [6, 6.07) is 2.30. The van der Waals surface area contributed by atoms with Crippen LogP contribution in [0.3, 0.4) is 0 Å². The molecule has 1 aromatic heterocycles. The molecule has 0 radical (unpaired) electrons. The molecule has 0 saturated heterocycles. The molecule has 40 heavy (non-hydrogen) atoms. The number of primary amides is 1. The summed E-state index contributed by atoms with van der Waals surface area (Å²) in [5, 5.41) is 21.8. The monoisotopic (exact) mass is 572 g/mol. The van der Waals surface area contributed by atoms with E-state index in [9.17, 15) is 29.1 Å². The van der Waals surface area contributed by atoms with Crippen LogP contribution < -0.4 is 27.0 Å². The van der Waals surface area contributed by atoms with Gasteiger partial charge in [-0.2, -0.15) is 0 Å². The Kier molecular flexibility index (Phi) is 10.2. The molecule has 4 bridgehead atoms. The van der Waals surface area contributed by atoms with Crippen molar-refractivity contribution < 1.29 is 29.1 Å². The van der Waals surface area contributed by atoms with Gasteiger partial charge in [0.2, 0.25) is 23.6 Å². The fourth-order valence-electron chi connectivity index (χ4n) is 4.22. The SMILES string of the molecule is CC(C)[C@H]1Nc2ncc(s2)Cc2cc(ccc2O)C[C@@H](C(N)=O)NC(=O)CNC(=O)[C@H](C)CC(=O)[C@H](C)NC1=O. The van der Waals surface area contributed by atoms with Crippen LogP contribution in [0.5, 0.6) is 5.75 Å². The molecule has 1 aliphatic heterocycles. The number of benzene rings is 1. The molecule has 7 N–H and O–H groups in total. The lowest BCUT2D eigenvalue weighted by Crippen LogP contribution is -2.50. The Morgan fingerprint density at radius 3 is 2.48 bits per heavy atom. The van der Waals surface area contributed by atoms with Gasteiger partial charge in [0.05, 0.1) is 12.6 Å². The van der Waals surface area contributed by atoms with E-state index >= 15 is 0 Å². The number of ketones is 1. The first kappa shape index (κ1) is 30.5. The van der Waals surface area contributed by atoms with Gasteiger partial charge in [-0.05, 0) is 30.0 Å². The average Bonchev–Trinajstić information content (AvgIpc) is 3.33. The van der Waals surface area contributed by atoms with Gasteiger partial charge in [-0.1, -0.05) is 32.9 Å². The van der Waals surface area contributed by atoms with E-state index in [1.54, 1.807) is 32.2 Å². The number of carbonyl (C=O) groups is 5. The van der Waals surface area contributed by atoms with E-state index in [0.29, 0.717) is 22.7 Å². The van der Waals surface area contributed by atoms with Gasteiger partial charge in [0, 0.05) is 36.3 Å². The lowest BCUT2D eigenvalue weighted by Gasteiger charge is -2.24. The Bertz CT molecular complexity index is 1280. The molecule has 3 rings (SSSR count). The number of aromatic nitrogens is 1. The second-order valence-corrected chi connectivity index (χ2v) is 11.5. The standard InChI is InChI=1S/C27H36N6O6S/c1-13(2)23-26(39)31-15(4)21(35)7-14(3)25(38)29-12-22(36)32-19(24(28)37)9-16-5-6-20(34)17(8-16)10-18-11-30-27(33-23)40-18/h5-6,8,11,13-15,19,23,34H,7,9-10,12H2,1-4H3,(H2,28,37)(H,29,38)(H,30,33)(H,31,39)(H,32,36)/t14-,15+,19+,23-/m1/s1. The van der Waals surface area contributed by atoms with E-state index in [-0.39, 0.29) is 36.2 Å². The second-order valence-electron chi connectivity index (χ2n) is 10.4. The summed E-state index contributed by atoms with van der Waals surface area (Å²) in [5.74, 6) is -3.45. The molecule has 1 aliphatic rings. The van der Waals surface area contributed by atoms with Crippen molar-refractivity contribution in [3.05, 3.63) is 40.4 Å². The van der Waals surface area contributed by atoms with Crippen LogP contribution in [-0.2, 0) is 36.8 Å². The molecule has 0 unspecified atom stereocenters. The number of amides is 4. The van der Waals surface area contributed by atoms with Crippen LogP contribution in [0.15, 0.2) is 24.4 Å². The normalized spacial score (nSPS) is 23.6. The quantitative estimate of drug-likeness (QED) is 0.301. The Hall–Kier alpha value is -4.00. The minimum absolute atomic E-state index is 0.0516.